The molecule has 3 N–H and O–H groups in total. The highest BCUT2D eigenvalue weighted by Crippen LogP contribution is 2.42. The number of β-amino-alcohol motifs (C(OH)–C–C–N with tert-alkyl or cyclic N) is 1. The molecule has 0 unspecified atom stereocenters. The predicted octanol–water partition coefficient (Wildman–Crippen LogP) is 4.67. The normalized spacial score (nSPS) is 26.0. The van der Waals surface area contributed by atoms with Gasteiger partial charge in [-0.1, -0.05) is 23.8 Å². The Balaban J connectivity index is 1.38. The topological polar surface area (TPSA) is 124 Å². The number of fused-ring (bicyclic) bond motifs is 3. The van der Waals surface area contributed by atoms with Crippen LogP contribution >= 0.6 is 11.6 Å². The van der Waals surface area contributed by atoms with Crippen LogP contribution in [0.25, 0.3) is 39.1 Å². The maximum Gasteiger partial charge on any atom is 0.319 e. The number of aliphatic hydroxyl groups is 2. The van der Waals surface area contributed by atoms with Gasteiger partial charge in [-0.3, -0.25) is 15.0 Å². The second-order valence-corrected chi connectivity index (χ2v) is 12.9. The molecule has 4 aromatic rings. The Morgan fingerprint density at radius 1 is 1.20 bits per heavy atom. The molecule has 13 heteroatoms. The average Bonchev–Trinajstić information content (AvgIpc) is 3.68. The molecule has 10 nitrogen and oxygen atoms in total. The maximum atomic E-state index is 16.8. The molecule has 44 heavy (non-hydrogen) atoms. The molecular formula is C31H34ClF2N7O3. The molecule has 3 aromatic heterocycles. The van der Waals surface area contributed by atoms with Gasteiger partial charge in [0.1, 0.15) is 29.8 Å². The second-order valence-electron chi connectivity index (χ2n) is 12.5. The van der Waals surface area contributed by atoms with Crippen LogP contribution in [-0.2, 0) is 0 Å². The summed E-state index contributed by atoms with van der Waals surface area (Å²) in [6, 6.07) is 1.67. The molecule has 0 spiro atoms. The van der Waals surface area contributed by atoms with Gasteiger partial charge in [-0.25, -0.2) is 8.78 Å². The number of aromatic nitrogens is 5. The minimum atomic E-state index is -0.951. The summed E-state index contributed by atoms with van der Waals surface area (Å²) in [7, 11) is 0. The number of nitrogens with zero attached hydrogens (tertiary/aromatic N) is 6. The van der Waals surface area contributed by atoms with Crippen molar-refractivity contribution in [1.29, 1.82) is 0 Å². The van der Waals surface area contributed by atoms with Crippen LogP contribution in [0.4, 0.5) is 14.6 Å². The molecule has 1 aromatic carbocycles. The lowest BCUT2D eigenvalue weighted by atomic mass is 9.95. The van der Waals surface area contributed by atoms with Crippen LogP contribution in [0.2, 0.25) is 5.02 Å². The Morgan fingerprint density at radius 2 is 2.05 bits per heavy atom. The summed E-state index contributed by atoms with van der Waals surface area (Å²) in [5.41, 5.74) is 0.0867. The van der Waals surface area contributed by atoms with E-state index in [2.05, 4.69) is 25.1 Å². The van der Waals surface area contributed by atoms with Crippen LogP contribution in [-0.4, -0.2) is 97.0 Å². The summed E-state index contributed by atoms with van der Waals surface area (Å²) in [5, 5.41) is 28.6. The number of pyridine rings is 1. The van der Waals surface area contributed by atoms with Crippen LogP contribution in [0, 0.1) is 5.82 Å². The fourth-order valence-corrected chi connectivity index (χ4v) is 7.48. The molecule has 232 valence electrons. The molecule has 7 rings (SSSR count). The average molecular weight is 626 g/mol. The number of nitrogens with one attached hydrogen (secondary N) is 1. The molecule has 0 radical (unpaired) electrons. The second kappa shape index (κ2) is 11.2. The van der Waals surface area contributed by atoms with Gasteiger partial charge in [-0.2, -0.15) is 15.1 Å². The third kappa shape index (κ3) is 5.07. The highest BCUT2D eigenvalue weighted by molar-refractivity contribution is 6.33. The molecule has 3 saturated heterocycles. The Labute approximate surface area is 257 Å². The lowest BCUT2D eigenvalue weighted by Crippen LogP contribution is -2.46. The molecular weight excluding hydrogens is 592 g/mol. The van der Waals surface area contributed by atoms with Crippen LogP contribution in [0.1, 0.15) is 44.6 Å². The summed E-state index contributed by atoms with van der Waals surface area (Å²) in [6.07, 6.45) is 8.83. The largest absolute Gasteiger partial charge is 0.461 e. The first-order valence-electron chi connectivity index (χ1n) is 15.0. The minimum absolute atomic E-state index is 0.00172. The third-order valence-electron chi connectivity index (χ3n) is 9.21. The van der Waals surface area contributed by atoms with Crippen molar-refractivity contribution in [3.63, 3.8) is 0 Å². The molecule has 3 atom stereocenters. The van der Waals surface area contributed by atoms with Gasteiger partial charge in [0.05, 0.1) is 39.9 Å². The number of halogens is 3. The number of rotatable bonds is 7. The van der Waals surface area contributed by atoms with Crippen molar-refractivity contribution in [2.45, 2.75) is 56.3 Å². The van der Waals surface area contributed by atoms with Gasteiger partial charge >= 0.3 is 6.01 Å². The van der Waals surface area contributed by atoms with E-state index in [0.29, 0.717) is 70.7 Å². The van der Waals surface area contributed by atoms with E-state index in [0.717, 1.165) is 25.8 Å². The number of alkyl halides is 1. The standard InChI is InChI=1S/C31H34ClF2N7O3/c1-30(43)6-3-8-40(16-30)28-21-13-35-27(24-19(5-2-10-42)22(32)11-23-20(24)14-36-39-23)25(34)26(21)37-29(38-28)44-17-31-7-4-9-41(31)15-18(33)12-31/h2,5,11,13-14,18,42-43H,3-4,6-10,12,15-17H2,1H3,(H,36,39)/b5-2-/t18-,30-,31+/m1/s1. The minimum Gasteiger partial charge on any atom is -0.461 e. The van der Waals surface area contributed by atoms with Gasteiger partial charge in [-0.05, 0) is 45.2 Å². The summed E-state index contributed by atoms with van der Waals surface area (Å²) in [6.45, 7) is 3.83. The molecule has 3 aliphatic rings. The van der Waals surface area contributed by atoms with Crippen LogP contribution in [0.3, 0.4) is 0 Å². The molecule has 0 aliphatic carbocycles. The number of aliphatic hydroxyl groups excluding tert-OH is 1. The number of aromatic amines is 1. The summed E-state index contributed by atoms with van der Waals surface area (Å²) in [4.78, 5) is 17.9. The summed E-state index contributed by atoms with van der Waals surface area (Å²) in [5.74, 6) is -0.285. The monoisotopic (exact) mass is 625 g/mol. The van der Waals surface area contributed by atoms with Gasteiger partial charge in [0.2, 0.25) is 0 Å². The smallest absolute Gasteiger partial charge is 0.319 e. The van der Waals surface area contributed by atoms with Crippen LogP contribution < -0.4 is 9.64 Å². The van der Waals surface area contributed by atoms with Crippen molar-refractivity contribution < 1.29 is 23.7 Å². The maximum absolute atomic E-state index is 16.8. The quantitative estimate of drug-likeness (QED) is 0.269. The van der Waals surface area contributed by atoms with Gasteiger partial charge in [0, 0.05) is 48.8 Å². The van der Waals surface area contributed by atoms with E-state index in [1.807, 2.05) is 4.90 Å². The molecule has 6 heterocycles. The number of anilines is 1. The fraction of sp³-hybridized carbons (Fsp3) is 0.484. The van der Waals surface area contributed by atoms with E-state index in [1.54, 1.807) is 25.3 Å². The first kappa shape index (κ1) is 29.3. The van der Waals surface area contributed by atoms with Gasteiger partial charge < -0.3 is 19.8 Å². The molecule has 3 fully saturated rings. The number of ether oxygens (including phenoxy) is 1. The van der Waals surface area contributed by atoms with E-state index in [4.69, 9.17) is 21.3 Å². The first-order chi connectivity index (χ1) is 21.2. The number of H-pyrrole nitrogens is 1. The van der Waals surface area contributed by atoms with Crippen LogP contribution in [0.15, 0.2) is 24.5 Å². The predicted molar refractivity (Wildman–Crippen MR) is 164 cm³/mol. The van der Waals surface area contributed by atoms with E-state index in [9.17, 15) is 14.6 Å². The zero-order valence-corrected chi connectivity index (χ0v) is 25.1. The van der Waals surface area contributed by atoms with E-state index >= 15 is 4.39 Å². The summed E-state index contributed by atoms with van der Waals surface area (Å²) >= 11 is 6.62. The summed E-state index contributed by atoms with van der Waals surface area (Å²) < 4.78 is 37.5. The molecule has 0 amide bonds. The van der Waals surface area contributed by atoms with E-state index in [-0.39, 0.29) is 30.4 Å². The lowest BCUT2D eigenvalue weighted by molar-refractivity contribution is 0.0447. The highest BCUT2D eigenvalue weighted by Gasteiger charge is 2.49. The van der Waals surface area contributed by atoms with Gasteiger partial charge in [0.15, 0.2) is 5.82 Å². The fourth-order valence-electron chi connectivity index (χ4n) is 7.21. The third-order valence-corrected chi connectivity index (χ3v) is 9.52. The van der Waals surface area contributed by atoms with E-state index < -0.39 is 23.1 Å². The van der Waals surface area contributed by atoms with Crippen molar-refractivity contribution in [3.05, 3.63) is 40.9 Å². The Kier molecular flexibility index (Phi) is 7.43. The number of piperidine rings is 1. The van der Waals surface area contributed by atoms with Crippen molar-refractivity contribution >= 4 is 45.3 Å². The highest BCUT2D eigenvalue weighted by atomic mass is 35.5. The zero-order valence-electron chi connectivity index (χ0n) is 24.4. The first-order valence-corrected chi connectivity index (χ1v) is 15.3. The van der Waals surface area contributed by atoms with Crippen molar-refractivity contribution in [2.75, 3.05) is 44.3 Å². The van der Waals surface area contributed by atoms with Gasteiger partial charge in [-0.15, -0.1) is 0 Å². The Morgan fingerprint density at radius 3 is 2.86 bits per heavy atom. The van der Waals surface area contributed by atoms with Crippen molar-refractivity contribution in [3.8, 4) is 17.3 Å². The molecule has 0 bridgehead atoms. The Hall–Kier alpha value is -3.45. The van der Waals surface area contributed by atoms with Gasteiger partial charge in [0.25, 0.3) is 0 Å². The molecule has 0 saturated carbocycles. The number of benzene rings is 1. The lowest BCUT2D eigenvalue weighted by Gasteiger charge is -2.38. The number of hydrogen-bond acceptors (Lipinski definition) is 9. The van der Waals surface area contributed by atoms with E-state index in [1.165, 1.54) is 12.3 Å². The Bertz CT molecular complexity index is 1770. The van der Waals surface area contributed by atoms with Crippen molar-refractivity contribution in [1.82, 2.24) is 30.0 Å². The van der Waals surface area contributed by atoms with Crippen molar-refractivity contribution in [2.24, 2.45) is 0 Å². The number of hydrogen-bond donors (Lipinski definition) is 3. The SMILES string of the molecule is C[C@@]1(O)CCCN(c2nc(OC[C@@]34CCCN3C[C@H](F)C4)nc3c(F)c(-c4c(/C=C\CO)c(Cl)cc5[nH]ncc45)ncc23)C1. The zero-order chi connectivity index (χ0) is 30.6. The molecule has 3 aliphatic heterocycles. The van der Waals surface area contributed by atoms with Crippen LogP contribution in [0.5, 0.6) is 6.01 Å².